The molecule has 0 aromatic rings. The quantitative estimate of drug-likeness (QED) is 0.527. The zero-order chi connectivity index (χ0) is 17.3. The maximum Gasteiger partial charge on any atom is 0.408 e. The minimum Gasteiger partial charge on any atom is -0.444 e. The molecule has 0 aliphatic rings. The lowest BCUT2D eigenvalue weighted by atomic mass is 10.0. The van der Waals surface area contributed by atoms with Crippen molar-refractivity contribution < 1.29 is 19.4 Å². The van der Waals surface area contributed by atoms with E-state index in [0.717, 1.165) is 0 Å². The SMILES string of the molecule is CC(C)C[C@H](NC(=O)OC(C)(C)C)C(=O)NCC[C@H](O)CN. The molecule has 0 radical (unpaired) electrons. The second kappa shape index (κ2) is 9.63. The molecule has 0 heterocycles. The number of alkyl carbamates (subject to hydrolysis) is 1. The molecule has 0 aromatic heterocycles. The third-order valence-corrected chi connectivity index (χ3v) is 2.76. The largest absolute Gasteiger partial charge is 0.444 e. The van der Waals surface area contributed by atoms with Crippen molar-refractivity contribution in [2.45, 2.75) is 65.2 Å². The highest BCUT2D eigenvalue weighted by Crippen LogP contribution is 2.09. The number of hydrogen-bond acceptors (Lipinski definition) is 5. The number of rotatable bonds is 8. The number of aliphatic hydroxyl groups is 1. The Balaban J connectivity index is 4.49. The molecule has 22 heavy (non-hydrogen) atoms. The van der Waals surface area contributed by atoms with Crippen molar-refractivity contribution in [2.75, 3.05) is 13.1 Å². The van der Waals surface area contributed by atoms with E-state index in [2.05, 4.69) is 10.6 Å². The molecule has 2 amide bonds. The van der Waals surface area contributed by atoms with Crippen molar-refractivity contribution >= 4 is 12.0 Å². The molecule has 7 nitrogen and oxygen atoms in total. The molecule has 2 atom stereocenters. The Morgan fingerprint density at radius 3 is 2.32 bits per heavy atom. The van der Waals surface area contributed by atoms with Crippen LogP contribution >= 0.6 is 0 Å². The van der Waals surface area contributed by atoms with Crippen LogP contribution in [0.25, 0.3) is 0 Å². The van der Waals surface area contributed by atoms with Crippen LogP contribution in [0.15, 0.2) is 0 Å². The monoisotopic (exact) mass is 317 g/mol. The van der Waals surface area contributed by atoms with Gasteiger partial charge in [-0.1, -0.05) is 13.8 Å². The highest BCUT2D eigenvalue weighted by atomic mass is 16.6. The Bertz CT molecular complexity index is 353. The lowest BCUT2D eigenvalue weighted by Gasteiger charge is -2.24. The van der Waals surface area contributed by atoms with E-state index in [-0.39, 0.29) is 18.4 Å². The Morgan fingerprint density at radius 1 is 1.27 bits per heavy atom. The van der Waals surface area contributed by atoms with Gasteiger partial charge in [-0.3, -0.25) is 4.79 Å². The van der Waals surface area contributed by atoms with Gasteiger partial charge in [-0.2, -0.15) is 0 Å². The topological polar surface area (TPSA) is 114 Å². The van der Waals surface area contributed by atoms with Crippen molar-refractivity contribution in [3.63, 3.8) is 0 Å². The van der Waals surface area contributed by atoms with Gasteiger partial charge in [-0.15, -0.1) is 0 Å². The molecular weight excluding hydrogens is 286 g/mol. The first kappa shape index (κ1) is 20.7. The molecule has 0 fully saturated rings. The van der Waals surface area contributed by atoms with Gasteiger partial charge in [-0.05, 0) is 39.5 Å². The third kappa shape index (κ3) is 10.4. The summed E-state index contributed by atoms with van der Waals surface area (Å²) < 4.78 is 5.17. The molecule has 0 aliphatic carbocycles. The molecule has 130 valence electrons. The van der Waals surface area contributed by atoms with E-state index < -0.39 is 23.8 Å². The normalized spacial score (nSPS) is 14.4. The number of hydrogen-bond donors (Lipinski definition) is 4. The highest BCUT2D eigenvalue weighted by molar-refractivity contribution is 5.85. The lowest BCUT2D eigenvalue weighted by Crippen LogP contribution is -2.49. The first-order valence-corrected chi connectivity index (χ1v) is 7.70. The summed E-state index contributed by atoms with van der Waals surface area (Å²) in [5.41, 5.74) is 4.69. The number of ether oxygens (including phenoxy) is 1. The molecule has 0 spiro atoms. The fraction of sp³-hybridized carbons (Fsp3) is 0.867. The van der Waals surface area contributed by atoms with Crippen LogP contribution in [0, 0.1) is 5.92 Å². The molecule has 0 aromatic carbocycles. The van der Waals surface area contributed by atoms with Crippen LogP contribution < -0.4 is 16.4 Å². The summed E-state index contributed by atoms with van der Waals surface area (Å²) in [5, 5.41) is 14.7. The molecule has 0 saturated heterocycles. The van der Waals surface area contributed by atoms with Crippen LogP contribution in [-0.4, -0.2) is 47.9 Å². The minimum absolute atomic E-state index is 0.154. The van der Waals surface area contributed by atoms with Gasteiger partial charge in [0, 0.05) is 13.1 Å². The molecule has 0 aliphatic heterocycles. The molecular formula is C15H31N3O4. The van der Waals surface area contributed by atoms with E-state index in [9.17, 15) is 14.7 Å². The van der Waals surface area contributed by atoms with Crippen LogP contribution in [0.1, 0.15) is 47.5 Å². The first-order chi connectivity index (χ1) is 10.0. The molecule has 0 bridgehead atoms. The number of nitrogens with two attached hydrogens (primary N) is 1. The maximum absolute atomic E-state index is 12.2. The first-order valence-electron chi connectivity index (χ1n) is 7.70. The van der Waals surface area contributed by atoms with Crippen LogP contribution in [0.4, 0.5) is 4.79 Å². The Kier molecular flexibility index (Phi) is 9.04. The number of carbonyl (C=O) groups excluding carboxylic acids is 2. The van der Waals surface area contributed by atoms with Gasteiger partial charge in [0.2, 0.25) is 5.91 Å². The summed E-state index contributed by atoms with van der Waals surface area (Å²) in [5.74, 6) is -0.0518. The summed E-state index contributed by atoms with van der Waals surface area (Å²) in [6.45, 7) is 9.68. The smallest absolute Gasteiger partial charge is 0.408 e. The van der Waals surface area contributed by atoms with Crippen molar-refractivity contribution in [2.24, 2.45) is 11.7 Å². The second-order valence-electron chi connectivity index (χ2n) is 6.80. The Morgan fingerprint density at radius 2 is 1.86 bits per heavy atom. The number of carbonyl (C=O) groups is 2. The van der Waals surface area contributed by atoms with Gasteiger partial charge in [-0.25, -0.2) is 4.79 Å². The highest BCUT2D eigenvalue weighted by Gasteiger charge is 2.24. The maximum atomic E-state index is 12.2. The van der Waals surface area contributed by atoms with Gasteiger partial charge >= 0.3 is 6.09 Å². The van der Waals surface area contributed by atoms with Gasteiger partial charge < -0.3 is 26.2 Å². The van der Waals surface area contributed by atoms with Gasteiger partial charge in [0.05, 0.1) is 6.10 Å². The Labute approximate surface area is 133 Å². The Hall–Kier alpha value is -1.34. The van der Waals surface area contributed by atoms with Crippen LogP contribution in [-0.2, 0) is 9.53 Å². The molecule has 0 saturated carbocycles. The second-order valence-corrected chi connectivity index (χ2v) is 6.80. The summed E-state index contributed by atoms with van der Waals surface area (Å²) in [6.07, 6.45) is -0.369. The van der Waals surface area contributed by atoms with Crippen LogP contribution in [0.3, 0.4) is 0 Å². The van der Waals surface area contributed by atoms with Gasteiger partial charge in [0.1, 0.15) is 11.6 Å². The van der Waals surface area contributed by atoms with E-state index >= 15 is 0 Å². The minimum atomic E-state index is -0.662. The molecule has 7 heteroatoms. The van der Waals surface area contributed by atoms with Crippen molar-refractivity contribution in [3.8, 4) is 0 Å². The summed E-state index contributed by atoms with van der Waals surface area (Å²) in [7, 11) is 0. The van der Waals surface area contributed by atoms with E-state index in [1.54, 1.807) is 20.8 Å². The van der Waals surface area contributed by atoms with E-state index in [4.69, 9.17) is 10.5 Å². The fourth-order valence-electron chi connectivity index (χ4n) is 1.76. The van der Waals surface area contributed by atoms with Crippen molar-refractivity contribution in [1.82, 2.24) is 10.6 Å². The van der Waals surface area contributed by atoms with Crippen molar-refractivity contribution in [1.29, 1.82) is 0 Å². The average molecular weight is 317 g/mol. The summed E-state index contributed by atoms with van der Waals surface area (Å²) in [6, 6.07) is -0.662. The molecule has 0 rings (SSSR count). The van der Waals surface area contributed by atoms with E-state index in [1.165, 1.54) is 0 Å². The van der Waals surface area contributed by atoms with E-state index in [0.29, 0.717) is 19.4 Å². The zero-order valence-electron chi connectivity index (χ0n) is 14.3. The predicted octanol–water partition coefficient (Wildman–Crippen LogP) is 0.752. The van der Waals surface area contributed by atoms with Crippen LogP contribution in [0.5, 0.6) is 0 Å². The summed E-state index contributed by atoms with van der Waals surface area (Å²) in [4.78, 5) is 24.0. The van der Waals surface area contributed by atoms with E-state index in [1.807, 2.05) is 13.8 Å². The molecule has 0 unspecified atom stereocenters. The van der Waals surface area contributed by atoms with Crippen molar-refractivity contribution in [3.05, 3.63) is 0 Å². The van der Waals surface area contributed by atoms with Crippen LogP contribution in [0.2, 0.25) is 0 Å². The number of amides is 2. The standard InChI is InChI=1S/C15H31N3O4/c1-10(2)8-12(18-14(21)22-15(3,4)5)13(20)17-7-6-11(19)9-16/h10-12,19H,6-9,16H2,1-5H3,(H,17,20)(H,18,21)/t11-,12-/m0/s1. The average Bonchev–Trinajstić information content (AvgIpc) is 2.34. The fourth-order valence-corrected chi connectivity index (χ4v) is 1.76. The van der Waals surface area contributed by atoms with Gasteiger partial charge in [0.15, 0.2) is 0 Å². The number of nitrogens with one attached hydrogen (secondary N) is 2. The number of aliphatic hydroxyl groups excluding tert-OH is 1. The van der Waals surface area contributed by atoms with Gasteiger partial charge in [0.25, 0.3) is 0 Å². The lowest BCUT2D eigenvalue weighted by molar-refractivity contribution is -0.123. The zero-order valence-corrected chi connectivity index (χ0v) is 14.3. The summed E-state index contributed by atoms with van der Waals surface area (Å²) >= 11 is 0. The predicted molar refractivity (Wildman–Crippen MR) is 85.3 cm³/mol. The molecule has 5 N–H and O–H groups in total. The third-order valence-electron chi connectivity index (χ3n) is 2.76.